The highest BCUT2D eigenvalue weighted by molar-refractivity contribution is 6.03. The molecule has 0 radical (unpaired) electrons. The van der Waals surface area contributed by atoms with Crippen molar-refractivity contribution in [1.82, 2.24) is 14.9 Å². The van der Waals surface area contributed by atoms with Crippen LogP contribution in [0.15, 0.2) is 30.3 Å². The van der Waals surface area contributed by atoms with Gasteiger partial charge in [-0.15, -0.1) is 0 Å². The number of carbonyl (C=O) groups is 1. The fourth-order valence-corrected chi connectivity index (χ4v) is 2.96. The Morgan fingerprint density at radius 2 is 1.93 bits per heavy atom. The molecule has 1 fully saturated rings. The molecule has 0 unspecified atom stereocenters. The number of amides is 1. The maximum absolute atomic E-state index is 12.5. The minimum absolute atomic E-state index is 0.235. The number of ether oxygens (including phenoxy) is 1. The van der Waals surface area contributed by atoms with E-state index >= 15 is 0 Å². The van der Waals surface area contributed by atoms with Crippen LogP contribution >= 0.6 is 0 Å². The number of carbonyl (C=O) groups excluding carboxylic acids is 1. The summed E-state index contributed by atoms with van der Waals surface area (Å²) in [6.45, 7) is 9.05. The van der Waals surface area contributed by atoms with Crippen molar-refractivity contribution in [2.24, 2.45) is 0 Å². The lowest BCUT2D eigenvalue weighted by Gasteiger charge is -2.26. The van der Waals surface area contributed by atoms with Crippen LogP contribution in [0, 0.1) is 6.92 Å². The van der Waals surface area contributed by atoms with Crippen molar-refractivity contribution in [3.05, 3.63) is 47.4 Å². The Hall–Kier alpha value is -2.51. The van der Waals surface area contributed by atoms with E-state index in [1.54, 1.807) is 13.0 Å². The van der Waals surface area contributed by atoms with Crippen LogP contribution in [0.4, 0.5) is 11.5 Å². The molecule has 1 aliphatic heterocycles. The number of hydrogen-bond donors (Lipinski definition) is 2. The van der Waals surface area contributed by atoms with Gasteiger partial charge >= 0.3 is 0 Å². The molecule has 27 heavy (non-hydrogen) atoms. The first-order valence-electron chi connectivity index (χ1n) is 9.44. The van der Waals surface area contributed by atoms with E-state index in [9.17, 15) is 4.79 Å². The fourth-order valence-electron chi connectivity index (χ4n) is 2.96. The number of benzene rings is 1. The molecule has 2 N–H and O–H groups in total. The Labute approximate surface area is 160 Å². The summed E-state index contributed by atoms with van der Waals surface area (Å²) in [5, 5.41) is 6.19. The number of anilines is 2. The maximum atomic E-state index is 12.5. The van der Waals surface area contributed by atoms with Gasteiger partial charge in [-0.2, -0.15) is 0 Å². The minimum atomic E-state index is -0.235. The first kappa shape index (κ1) is 19.3. The van der Waals surface area contributed by atoms with Crippen molar-refractivity contribution < 1.29 is 9.53 Å². The van der Waals surface area contributed by atoms with Crippen molar-refractivity contribution in [3.63, 3.8) is 0 Å². The third-order valence-electron chi connectivity index (χ3n) is 4.53. The number of rotatable bonds is 7. The molecule has 0 spiro atoms. The number of hydrogen-bond acceptors (Lipinski definition) is 6. The zero-order chi connectivity index (χ0) is 19.1. The smallest absolute Gasteiger partial charge is 0.274 e. The molecule has 0 aliphatic carbocycles. The SMILES string of the molecule is CCc1ccc(NC(=O)c2cc(NCCN3CCOCC3)nc(C)n2)cc1. The van der Waals surface area contributed by atoms with Crippen molar-refractivity contribution in [3.8, 4) is 0 Å². The first-order valence-corrected chi connectivity index (χ1v) is 9.44. The zero-order valence-corrected chi connectivity index (χ0v) is 16.0. The van der Waals surface area contributed by atoms with Crippen LogP contribution in [0.2, 0.25) is 0 Å². The van der Waals surface area contributed by atoms with Gasteiger partial charge in [0.15, 0.2) is 0 Å². The van der Waals surface area contributed by atoms with Gasteiger partial charge in [-0.1, -0.05) is 19.1 Å². The quantitative estimate of drug-likeness (QED) is 0.780. The highest BCUT2D eigenvalue weighted by Gasteiger charge is 2.12. The van der Waals surface area contributed by atoms with E-state index < -0.39 is 0 Å². The molecular weight excluding hydrogens is 342 g/mol. The van der Waals surface area contributed by atoms with Crippen LogP contribution in [0.25, 0.3) is 0 Å². The van der Waals surface area contributed by atoms with Crippen LogP contribution < -0.4 is 10.6 Å². The van der Waals surface area contributed by atoms with Gasteiger partial charge in [0.2, 0.25) is 0 Å². The van der Waals surface area contributed by atoms with Gasteiger partial charge < -0.3 is 15.4 Å². The average Bonchev–Trinajstić information content (AvgIpc) is 2.69. The predicted molar refractivity (Wildman–Crippen MR) is 106 cm³/mol. The summed E-state index contributed by atoms with van der Waals surface area (Å²) in [7, 11) is 0. The summed E-state index contributed by atoms with van der Waals surface area (Å²) < 4.78 is 5.36. The van der Waals surface area contributed by atoms with E-state index in [0.717, 1.165) is 51.5 Å². The molecule has 1 aliphatic rings. The Kier molecular flexibility index (Phi) is 6.73. The van der Waals surface area contributed by atoms with Crippen LogP contribution in [0.3, 0.4) is 0 Å². The summed E-state index contributed by atoms with van der Waals surface area (Å²) in [4.78, 5) is 23.5. The predicted octanol–water partition coefficient (Wildman–Crippen LogP) is 2.34. The summed E-state index contributed by atoms with van der Waals surface area (Å²) in [6.07, 6.45) is 0.971. The van der Waals surface area contributed by atoms with Gasteiger partial charge in [0.05, 0.1) is 13.2 Å². The topological polar surface area (TPSA) is 79.4 Å². The number of aryl methyl sites for hydroxylation is 2. The second-order valence-electron chi connectivity index (χ2n) is 6.57. The normalized spacial score (nSPS) is 14.7. The number of aromatic nitrogens is 2. The summed E-state index contributed by atoms with van der Waals surface area (Å²) >= 11 is 0. The number of morpholine rings is 1. The van der Waals surface area contributed by atoms with Gasteiger partial charge in [-0.05, 0) is 31.0 Å². The van der Waals surface area contributed by atoms with Crippen LogP contribution in [0.5, 0.6) is 0 Å². The Bertz CT molecular complexity index is 757. The molecule has 0 atom stereocenters. The van der Waals surface area contributed by atoms with E-state index in [1.165, 1.54) is 5.56 Å². The molecule has 1 aromatic heterocycles. The molecular formula is C20H27N5O2. The molecule has 7 heteroatoms. The largest absolute Gasteiger partial charge is 0.379 e. The first-order chi connectivity index (χ1) is 13.1. The molecule has 144 valence electrons. The molecule has 0 bridgehead atoms. The Morgan fingerprint density at radius 3 is 2.63 bits per heavy atom. The van der Waals surface area contributed by atoms with Crippen LogP contribution in [0.1, 0.15) is 28.8 Å². The molecule has 3 rings (SSSR count). The summed E-state index contributed by atoms with van der Waals surface area (Å²) in [6, 6.07) is 9.54. The zero-order valence-electron chi connectivity index (χ0n) is 16.0. The Morgan fingerprint density at radius 1 is 1.19 bits per heavy atom. The highest BCUT2D eigenvalue weighted by atomic mass is 16.5. The number of nitrogens with one attached hydrogen (secondary N) is 2. The van der Waals surface area contributed by atoms with Crippen LogP contribution in [-0.2, 0) is 11.2 Å². The average molecular weight is 369 g/mol. The lowest BCUT2D eigenvalue weighted by atomic mass is 10.1. The standard InChI is InChI=1S/C20H27N5O2/c1-3-16-4-6-17(7-5-16)24-20(26)18-14-19(23-15(2)22-18)21-8-9-25-10-12-27-13-11-25/h4-7,14H,3,8-13H2,1-2H3,(H,24,26)(H,21,22,23). The lowest BCUT2D eigenvalue weighted by molar-refractivity contribution is 0.0398. The second-order valence-corrected chi connectivity index (χ2v) is 6.57. The molecule has 1 saturated heterocycles. The summed E-state index contributed by atoms with van der Waals surface area (Å²) in [5.74, 6) is 1.00. The fraction of sp³-hybridized carbons (Fsp3) is 0.450. The lowest BCUT2D eigenvalue weighted by Crippen LogP contribution is -2.39. The van der Waals surface area contributed by atoms with Gasteiger partial charge in [-0.25, -0.2) is 9.97 Å². The Balaban J connectivity index is 1.58. The van der Waals surface area contributed by atoms with Crippen molar-refractivity contribution in [2.45, 2.75) is 20.3 Å². The third kappa shape index (κ3) is 5.74. The molecule has 1 aromatic carbocycles. The monoisotopic (exact) mass is 369 g/mol. The third-order valence-corrected chi connectivity index (χ3v) is 4.53. The van der Waals surface area contributed by atoms with E-state index in [-0.39, 0.29) is 5.91 Å². The minimum Gasteiger partial charge on any atom is -0.379 e. The molecule has 0 saturated carbocycles. The summed E-state index contributed by atoms with van der Waals surface area (Å²) in [5.41, 5.74) is 2.35. The van der Waals surface area contributed by atoms with E-state index in [4.69, 9.17) is 4.74 Å². The van der Waals surface area contributed by atoms with Gasteiger partial charge in [0.1, 0.15) is 17.3 Å². The molecule has 2 aromatic rings. The maximum Gasteiger partial charge on any atom is 0.274 e. The van der Waals surface area contributed by atoms with Crippen LogP contribution in [-0.4, -0.2) is 60.2 Å². The van der Waals surface area contributed by atoms with Crippen molar-refractivity contribution >= 4 is 17.4 Å². The van der Waals surface area contributed by atoms with E-state index in [2.05, 4.69) is 32.4 Å². The van der Waals surface area contributed by atoms with Gasteiger partial charge in [0, 0.05) is 37.9 Å². The van der Waals surface area contributed by atoms with Crippen molar-refractivity contribution in [1.29, 1.82) is 0 Å². The number of nitrogens with zero attached hydrogens (tertiary/aromatic N) is 3. The van der Waals surface area contributed by atoms with Gasteiger partial charge in [-0.3, -0.25) is 9.69 Å². The van der Waals surface area contributed by atoms with E-state index in [1.807, 2.05) is 24.3 Å². The second kappa shape index (κ2) is 9.43. The highest BCUT2D eigenvalue weighted by Crippen LogP contribution is 2.13. The molecule has 1 amide bonds. The molecule has 7 nitrogen and oxygen atoms in total. The van der Waals surface area contributed by atoms with Gasteiger partial charge in [0.25, 0.3) is 5.91 Å². The van der Waals surface area contributed by atoms with Crippen molar-refractivity contribution in [2.75, 3.05) is 50.0 Å². The molecule has 2 heterocycles. The van der Waals surface area contributed by atoms with E-state index in [0.29, 0.717) is 17.3 Å².